The van der Waals surface area contributed by atoms with Gasteiger partial charge in [-0.05, 0) is 44.9 Å². The summed E-state index contributed by atoms with van der Waals surface area (Å²) in [5.41, 5.74) is 0. The summed E-state index contributed by atoms with van der Waals surface area (Å²) < 4.78 is 11.8. The second kappa shape index (κ2) is 18.6. The number of unbranched alkanes of at least 4 members (excludes halogenated alkanes) is 10. The molecule has 0 spiro atoms. The van der Waals surface area contributed by atoms with Crippen molar-refractivity contribution in [3.63, 3.8) is 0 Å². The van der Waals surface area contributed by atoms with Crippen molar-refractivity contribution in [1.82, 2.24) is 0 Å². The molecular formula is C25H48O3. The summed E-state index contributed by atoms with van der Waals surface area (Å²) in [5.74, 6) is 0.487. The van der Waals surface area contributed by atoms with Crippen molar-refractivity contribution in [2.45, 2.75) is 148 Å². The molecule has 0 aromatic carbocycles. The number of rotatable bonds is 19. The van der Waals surface area contributed by atoms with Gasteiger partial charge in [0.25, 0.3) is 0 Å². The molecule has 3 heteroatoms. The SMILES string of the molecule is CCCCCCCCCC(=O)CCCCCCC[C@@H](CC)OC1CCCCO1. The minimum Gasteiger partial charge on any atom is -0.353 e. The highest BCUT2D eigenvalue weighted by atomic mass is 16.7. The van der Waals surface area contributed by atoms with Gasteiger partial charge in [0, 0.05) is 19.4 Å². The fraction of sp³-hybridized carbons (Fsp3) is 0.960. The molecule has 1 heterocycles. The van der Waals surface area contributed by atoms with Crippen LogP contribution in [0.15, 0.2) is 0 Å². The highest BCUT2D eigenvalue weighted by molar-refractivity contribution is 5.78. The molecule has 1 unspecified atom stereocenters. The molecule has 1 rings (SSSR count). The average Bonchev–Trinajstić information content (AvgIpc) is 2.72. The van der Waals surface area contributed by atoms with Crippen LogP contribution >= 0.6 is 0 Å². The minimum absolute atomic E-state index is 0.0426. The summed E-state index contributed by atoms with van der Waals surface area (Å²) in [6, 6.07) is 0. The topological polar surface area (TPSA) is 35.5 Å². The summed E-state index contributed by atoms with van der Waals surface area (Å²) in [6.07, 6.45) is 22.8. The lowest BCUT2D eigenvalue weighted by molar-refractivity contribution is -0.189. The van der Waals surface area contributed by atoms with Gasteiger partial charge in [0.05, 0.1) is 6.10 Å². The number of hydrogen-bond acceptors (Lipinski definition) is 3. The van der Waals surface area contributed by atoms with Crippen LogP contribution in [0.25, 0.3) is 0 Å². The summed E-state index contributed by atoms with van der Waals surface area (Å²) >= 11 is 0. The number of ketones is 1. The third-order valence-corrected chi connectivity index (χ3v) is 5.98. The molecule has 0 N–H and O–H groups in total. The molecule has 0 amide bonds. The van der Waals surface area contributed by atoms with E-state index in [0.29, 0.717) is 11.9 Å². The van der Waals surface area contributed by atoms with E-state index in [1.807, 2.05) is 0 Å². The molecule has 1 saturated heterocycles. The molecule has 1 aliphatic rings. The molecule has 1 aliphatic heterocycles. The van der Waals surface area contributed by atoms with Crippen molar-refractivity contribution in [2.24, 2.45) is 0 Å². The first-order valence-corrected chi connectivity index (χ1v) is 12.5. The van der Waals surface area contributed by atoms with E-state index < -0.39 is 0 Å². The zero-order valence-corrected chi connectivity index (χ0v) is 19.0. The first-order valence-electron chi connectivity index (χ1n) is 12.5. The molecule has 0 bridgehead atoms. The van der Waals surface area contributed by atoms with Crippen LogP contribution in [0.5, 0.6) is 0 Å². The van der Waals surface area contributed by atoms with Crippen molar-refractivity contribution in [2.75, 3.05) is 6.61 Å². The van der Waals surface area contributed by atoms with E-state index in [-0.39, 0.29) is 6.29 Å². The third-order valence-electron chi connectivity index (χ3n) is 5.98. The molecule has 3 nitrogen and oxygen atoms in total. The zero-order chi connectivity index (χ0) is 20.3. The first kappa shape index (κ1) is 25.6. The maximum absolute atomic E-state index is 12.0. The second-order valence-corrected chi connectivity index (χ2v) is 8.68. The van der Waals surface area contributed by atoms with Crippen LogP contribution in [-0.2, 0) is 14.3 Å². The Balaban J connectivity index is 1.87. The van der Waals surface area contributed by atoms with E-state index in [2.05, 4.69) is 13.8 Å². The van der Waals surface area contributed by atoms with E-state index >= 15 is 0 Å². The summed E-state index contributed by atoms with van der Waals surface area (Å²) in [5, 5.41) is 0. The van der Waals surface area contributed by atoms with Gasteiger partial charge in [-0.1, -0.05) is 78.1 Å². The predicted molar refractivity (Wildman–Crippen MR) is 119 cm³/mol. The summed E-state index contributed by atoms with van der Waals surface area (Å²) in [7, 11) is 0. The van der Waals surface area contributed by atoms with Gasteiger partial charge in [-0.15, -0.1) is 0 Å². The zero-order valence-electron chi connectivity index (χ0n) is 19.0. The van der Waals surface area contributed by atoms with Gasteiger partial charge in [-0.3, -0.25) is 4.79 Å². The van der Waals surface area contributed by atoms with Gasteiger partial charge in [0.2, 0.25) is 0 Å². The maximum Gasteiger partial charge on any atom is 0.157 e. The number of Topliss-reactive ketones (excluding diaryl/α,β-unsaturated/α-hetero) is 1. The maximum atomic E-state index is 12.0. The molecular weight excluding hydrogens is 348 g/mol. The van der Waals surface area contributed by atoms with Crippen LogP contribution in [0.2, 0.25) is 0 Å². The highest BCUT2D eigenvalue weighted by Crippen LogP contribution is 2.20. The highest BCUT2D eigenvalue weighted by Gasteiger charge is 2.18. The van der Waals surface area contributed by atoms with Gasteiger partial charge >= 0.3 is 0 Å². The van der Waals surface area contributed by atoms with E-state index in [9.17, 15) is 4.79 Å². The Hall–Kier alpha value is -0.410. The smallest absolute Gasteiger partial charge is 0.157 e. The molecule has 0 radical (unpaired) electrons. The molecule has 1 fully saturated rings. The van der Waals surface area contributed by atoms with Gasteiger partial charge in [0.15, 0.2) is 6.29 Å². The number of hydrogen-bond donors (Lipinski definition) is 0. The lowest BCUT2D eigenvalue weighted by atomic mass is 10.0. The van der Waals surface area contributed by atoms with Crippen molar-refractivity contribution >= 4 is 5.78 Å². The second-order valence-electron chi connectivity index (χ2n) is 8.68. The Morgan fingerprint density at radius 2 is 1.46 bits per heavy atom. The summed E-state index contributed by atoms with van der Waals surface area (Å²) in [6.45, 7) is 5.33. The molecule has 0 aromatic heterocycles. The van der Waals surface area contributed by atoms with Gasteiger partial charge in [0.1, 0.15) is 5.78 Å². The predicted octanol–water partition coefficient (Wildman–Crippen LogP) is 7.75. The van der Waals surface area contributed by atoms with Crippen LogP contribution in [0.3, 0.4) is 0 Å². The molecule has 28 heavy (non-hydrogen) atoms. The summed E-state index contributed by atoms with van der Waals surface area (Å²) in [4.78, 5) is 12.0. The largest absolute Gasteiger partial charge is 0.353 e. The molecule has 0 aromatic rings. The Bertz CT molecular complexity index is 350. The molecule has 0 saturated carbocycles. The monoisotopic (exact) mass is 396 g/mol. The van der Waals surface area contributed by atoms with E-state index in [4.69, 9.17) is 9.47 Å². The Labute approximate surface area is 175 Å². The Morgan fingerprint density at radius 3 is 2.04 bits per heavy atom. The number of carbonyl (C=O) groups excluding carboxylic acids is 1. The average molecular weight is 397 g/mol. The fourth-order valence-electron chi connectivity index (χ4n) is 4.03. The normalized spacial score (nSPS) is 18.3. The van der Waals surface area contributed by atoms with Crippen molar-refractivity contribution in [3.05, 3.63) is 0 Å². The Kier molecular flexibility index (Phi) is 17.0. The lowest BCUT2D eigenvalue weighted by Crippen LogP contribution is -2.27. The van der Waals surface area contributed by atoms with Crippen LogP contribution in [0.1, 0.15) is 136 Å². The van der Waals surface area contributed by atoms with Crippen molar-refractivity contribution in [1.29, 1.82) is 0 Å². The first-order chi connectivity index (χ1) is 13.8. The van der Waals surface area contributed by atoms with Crippen LogP contribution < -0.4 is 0 Å². The lowest BCUT2D eigenvalue weighted by Gasteiger charge is -2.27. The fourth-order valence-corrected chi connectivity index (χ4v) is 4.03. The number of ether oxygens (including phenoxy) is 2. The van der Waals surface area contributed by atoms with Crippen LogP contribution in [0.4, 0.5) is 0 Å². The van der Waals surface area contributed by atoms with E-state index in [0.717, 1.165) is 51.6 Å². The standard InChI is InChI=1S/C25H48O3/c1-3-5-6-7-8-10-13-18-23(26)19-14-11-9-12-15-20-24(4-2)28-25-21-16-17-22-27-25/h24-25H,3-22H2,1-2H3/t24-,25?/m1/s1. The van der Waals surface area contributed by atoms with Crippen LogP contribution in [-0.4, -0.2) is 24.8 Å². The van der Waals surface area contributed by atoms with Crippen molar-refractivity contribution < 1.29 is 14.3 Å². The molecule has 0 aliphatic carbocycles. The van der Waals surface area contributed by atoms with Crippen LogP contribution in [0, 0.1) is 0 Å². The van der Waals surface area contributed by atoms with Gasteiger partial charge in [-0.2, -0.15) is 0 Å². The molecule has 2 atom stereocenters. The van der Waals surface area contributed by atoms with Crippen molar-refractivity contribution in [3.8, 4) is 0 Å². The van der Waals surface area contributed by atoms with E-state index in [1.165, 1.54) is 77.0 Å². The third kappa shape index (κ3) is 14.6. The van der Waals surface area contributed by atoms with Gasteiger partial charge in [-0.25, -0.2) is 0 Å². The Morgan fingerprint density at radius 1 is 0.857 bits per heavy atom. The molecule has 166 valence electrons. The van der Waals surface area contributed by atoms with Gasteiger partial charge < -0.3 is 9.47 Å². The number of carbonyl (C=O) groups is 1. The van der Waals surface area contributed by atoms with E-state index in [1.54, 1.807) is 0 Å². The minimum atomic E-state index is 0.0426. The quantitative estimate of drug-likeness (QED) is 0.209.